The minimum atomic E-state index is 0.847. The van der Waals surface area contributed by atoms with Gasteiger partial charge in [-0.3, -0.25) is 0 Å². The van der Waals surface area contributed by atoms with Gasteiger partial charge >= 0.3 is 0 Å². The van der Waals surface area contributed by atoms with E-state index in [-0.39, 0.29) is 0 Å². The van der Waals surface area contributed by atoms with E-state index >= 15 is 0 Å². The van der Waals surface area contributed by atoms with Crippen LogP contribution in [-0.4, -0.2) is 29.5 Å². The van der Waals surface area contributed by atoms with E-state index in [1.54, 1.807) is 0 Å². The minimum absolute atomic E-state index is 0.847. The van der Waals surface area contributed by atoms with Gasteiger partial charge in [-0.1, -0.05) is 24.6 Å². The fourth-order valence-electron chi connectivity index (χ4n) is 2.65. The van der Waals surface area contributed by atoms with Gasteiger partial charge in [0.1, 0.15) is 0 Å². The Kier molecular flexibility index (Phi) is 2.89. The third-order valence-corrected chi connectivity index (χ3v) is 4.11. The smallest absolute Gasteiger partial charge is 0.0456 e. The van der Waals surface area contributed by atoms with E-state index in [4.69, 9.17) is 0 Å². The molecular weight excluding hydrogens is 208 g/mol. The lowest BCUT2D eigenvalue weighted by atomic mass is 9.91. The van der Waals surface area contributed by atoms with Crippen molar-refractivity contribution in [3.8, 4) is 0 Å². The first kappa shape index (κ1) is 10.8. The van der Waals surface area contributed by atoms with Crippen molar-refractivity contribution < 1.29 is 0 Å². The predicted octanol–water partition coefficient (Wildman–Crippen LogP) is 3.19. The van der Waals surface area contributed by atoms with Crippen LogP contribution in [-0.2, 0) is 6.42 Å². The van der Waals surface area contributed by atoms with Gasteiger partial charge in [0.25, 0.3) is 0 Å². The second kappa shape index (κ2) is 4.53. The van der Waals surface area contributed by atoms with Crippen molar-refractivity contribution in [1.82, 2.24) is 9.88 Å². The zero-order valence-corrected chi connectivity index (χ0v) is 10.4. The van der Waals surface area contributed by atoms with Crippen molar-refractivity contribution in [2.45, 2.75) is 31.7 Å². The van der Waals surface area contributed by atoms with Crippen molar-refractivity contribution in [1.29, 1.82) is 0 Å². The summed E-state index contributed by atoms with van der Waals surface area (Å²) in [4.78, 5) is 5.87. The van der Waals surface area contributed by atoms with Crippen molar-refractivity contribution in [2.75, 3.05) is 13.6 Å². The number of nitrogens with one attached hydrogen (secondary N) is 1. The zero-order valence-electron chi connectivity index (χ0n) is 10.4. The molecule has 90 valence electrons. The maximum atomic E-state index is 3.35. The van der Waals surface area contributed by atoms with Gasteiger partial charge in [-0.05, 0) is 37.9 Å². The van der Waals surface area contributed by atoms with Gasteiger partial charge in [0.2, 0.25) is 0 Å². The van der Waals surface area contributed by atoms with Crippen molar-refractivity contribution >= 4 is 10.9 Å². The van der Waals surface area contributed by atoms with Crippen LogP contribution in [0, 0.1) is 0 Å². The summed E-state index contributed by atoms with van der Waals surface area (Å²) in [5, 5.41) is 1.38. The Bertz CT molecular complexity index is 496. The Labute approximate surface area is 103 Å². The van der Waals surface area contributed by atoms with E-state index in [0.29, 0.717) is 0 Å². The Hall–Kier alpha value is -1.28. The highest BCUT2D eigenvalue weighted by atomic mass is 15.1. The average molecular weight is 228 g/mol. The number of para-hydroxylation sites is 1. The van der Waals surface area contributed by atoms with Crippen LogP contribution in [0.5, 0.6) is 0 Å². The molecule has 1 fully saturated rings. The molecule has 2 heteroatoms. The normalized spacial score (nSPS) is 16.6. The fourth-order valence-corrected chi connectivity index (χ4v) is 2.65. The van der Waals surface area contributed by atoms with E-state index in [0.717, 1.165) is 12.5 Å². The van der Waals surface area contributed by atoms with E-state index in [1.807, 2.05) is 0 Å². The molecular formula is C15H20N2. The molecule has 17 heavy (non-hydrogen) atoms. The number of aromatic amines is 1. The van der Waals surface area contributed by atoms with Crippen molar-refractivity contribution in [2.24, 2.45) is 0 Å². The van der Waals surface area contributed by atoms with Gasteiger partial charge in [0.05, 0.1) is 0 Å². The number of fused-ring (bicyclic) bond motifs is 1. The number of rotatable bonds is 4. The highest BCUT2D eigenvalue weighted by Crippen LogP contribution is 2.24. The molecule has 2 nitrogen and oxygen atoms in total. The van der Waals surface area contributed by atoms with Crippen molar-refractivity contribution in [3.05, 3.63) is 36.0 Å². The summed E-state index contributed by atoms with van der Waals surface area (Å²) in [6.07, 6.45) is 7.52. The second-order valence-electron chi connectivity index (χ2n) is 5.17. The monoisotopic (exact) mass is 228 g/mol. The second-order valence-corrected chi connectivity index (χ2v) is 5.17. The number of aromatic nitrogens is 1. The van der Waals surface area contributed by atoms with Crippen LogP contribution in [0.3, 0.4) is 0 Å². The van der Waals surface area contributed by atoms with Crippen LogP contribution in [0.15, 0.2) is 30.5 Å². The fraction of sp³-hybridized carbons (Fsp3) is 0.467. The molecule has 0 saturated heterocycles. The number of benzene rings is 1. The Morgan fingerprint density at radius 2 is 2.12 bits per heavy atom. The van der Waals surface area contributed by atoms with Crippen LogP contribution in [0.4, 0.5) is 0 Å². The molecule has 0 atom stereocenters. The molecule has 0 radical (unpaired) electrons. The van der Waals surface area contributed by atoms with Crippen LogP contribution in [0.1, 0.15) is 24.8 Å². The molecule has 0 aliphatic heterocycles. The summed E-state index contributed by atoms with van der Waals surface area (Å²) in [5.74, 6) is 0. The van der Waals surface area contributed by atoms with E-state index in [9.17, 15) is 0 Å². The third kappa shape index (κ3) is 2.09. The van der Waals surface area contributed by atoms with Crippen LogP contribution < -0.4 is 0 Å². The van der Waals surface area contributed by atoms with Gasteiger partial charge in [-0.15, -0.1) is 0 Å². The van der Waals surface area contributed by atoms with Crippen molar-refractivity contribution in [3.63, 3.8) is 0 Å². The summed E-state index contributed by atoms with van der Waals surface area (Å²) < 4.78 is 0. The largest absolute Gasteiger partial charge is 0.361 e. The van der Waals surface area contributed by atoms with Gasteiger partial charge in [-0.2, -0.15) is 0 Å². The van der Waals surface area contributed by atoms with Crippen LogP contribution in [0.25, 0.3) is 10.9 Å². The van der Waals surface area contributed by atoms with Crippen LogP contribution >= 0.6 is 0 Å². The van der Waals surface area contributed by atoms with Gasteiger partial charge < -0.3 is 9.88 Å². The molecule has 1 aliphatic rings. The molecule has 2 aromatic rings. The third-order valence-electron chi connectivity index (χ3n) is 4.11. The molecule has 1 saturated carbocycles. The van der Waals surface area contributed by atoms with Crippen LogP contribution in [0.2, 0.25) is 0 Å². The maximum Gasteiger partial charge on any atom is 0.0456 e. The molecule has 3 rings (SSSR count). The molecule has 1 heterocycles. The highest BCUT2D eigenvalue weighted by molar-refractivity contribution is 5.83. The molecule has 1 aliphatic carbocycles. The van der Waals surface area contributed by atoms with E-state index in [1.165, 1.54) is 42.3 Å². The quantitative estimate of drug-likeness (QED) is 0.851. The summed E-state index contributed by atoms with van der Waals surface area (Å²) in [7, 11) is 2.26. The topological polar surface area (TPSA) is 19.0 Å². The van der Waals surface area contributed by atoms with E-state index < -0.39 is 0 Å². The van der Waals surface area contributed by atoms with Gasteiger partial charge in [-0.25, -0.2) is 0 Å². The molecule has 0 bridgehead atoms. The first-order chi connectivity index (χ1) is 8.34. The molecule has 1 aromatic heterocycles. The Morgan fingerprint density at radius 3 is 2.88 bits per heavy atom. The lowest BCUT2D eigenvalue weighted by Crippen LogP contribution is -2.38. The highest BCUT2D eigenvalue weighted by Gasteiger charge is 2.21. The maximum absolute atomic E-state index is 3.35. The number of H-pyrrole nitrogens is 1. The summed E-state index contributed by atoms with van der Waals surface area (Å²) in [5.41, 5.74) is 2.71. The molecule has 1 aromatic carbocycles. The first-order valence-corrected chi connectivity index (χ1v) is 6.60. The number of hydrogen-bond donors (Lipinski definition) is 1. The molecule has 1 N–H and O–H groups in total. The van der Waals surface area contributed by atoms with Gasteiger partial charge in [0, 0.05) is 29.7 Å². The number of hydrogen-bond acceptors (Lipinski definition) is 1. The Morgan fingerprint density at radius 1 is 1.29 bits per heavy atom. The minimum Gasteiger partial charge on any atom is -0.361 e. The first-order valence-electron chi connectivity index (χ1n) is 6.60. The SMILES string of the molecule is CN(CCc1c[nH]c2ccccc12)C1CCC1. The Balaban J connectivity index is 1.68. The summed E-state index contributed by atoms with van der Waals surface area (Å²) >= 11 is 0. The zero-order chi connectivity index (χ0) is 11.7. The summed E-state index contributed by atoms with van der Waals surface area (Å²) in [6.45, 7) is 1.17. The average Bonchev–Trinajstić information content (AvgIpc) is 2.67. The predicted molar refractivity (Wildman–Crippen MR) is 72.3 cm³/mol. The van der Waals surface area contributed by atoms with Gasteiger partial charge in [0.15, 0.2) is 0 Å². The molecule has 0 spiro atoms. The molecule has 0 unspecified atom stereocenters. The summed E-state index contributed by atoms with van der Waals surface area (Å²) in [6, 6.07) is 9.41. The number of likely N-dealkylation sites (N-methyl/N-ethyl adjacent to an activating group) is 1. The van der Waals surface area contributed by atoms with E-state index in [2.05, 4.69) is 47.4 Å². The standard InChI is InChI=1S/C15H20N2/c1-17(13-5-4-6-13)10-9-12-11-16-15-8-3-2-7-14(12)15/h2-3,7-8,11,13,16H,4-6,9-10H2,1H3. The number of nitrogens with zero attached hydrogens (tertiary/aromatic N) is 1. The molecule has 0 amide bonds. The lowest BCUT2D eigenvalue weighted by Gasteiger charge is -2.34. The lowest BCUT2D eigenvalue weighted by molar-refractivity contribution is 0.161.